The Kier molecular flexibility index (Phi) is 3.86. The summed E-state index contributed by atoms with van der Waals surface area (Å²) in [7, 11) is 1.30. The molecule has 0 spiro atoms. The fraction of sp³-hybridized carbons (Fsp3) is 0.250. The number of carboxylic acids is 1. The van der Waals surface area contributed by atoms with E-state index in [-0.39, 0.29) is 15.8 Å². The number of fused-ring (bicyclic) bond motifs is 1. The van der Waals surface area contributed by atoms with Crippen LogP contribution in [0, 0.1) is 0 Å². The highest BCUT2D eigenvalue weighted by Gasteiger charge is 2.18. The smallest absolute Gasteiger partial charge is 0.341 e. The number of carboxylic acid groups (broad SMARTS) is 1. The molecule has 0 aliphatic heterocycles. The van der Waals surface area contributed by atoms with Crippen LogP contribution in [0.5, 0.6) is 0 Å². The Morgan fingerprint density at radius 3 is 2.75 bits per heavy atom. The van der Waals surface area contributed by atoms with E-state index in [9.17, 15) is 14.4 Å². The third kappa shape index (κ3) is 2.30. The molecule has 0 saturated carbocycles. The summed E-state index contributed by atoms with van der Waals surface area (Å²) in [6, 6.07) is 1.38. The zero-order chi connectivity index (χ0) is 14.9. The monoisotopic (exact) mass is 296 g/mol. The summed E-state index contributed by atoms with van der Waals surface area (Å²) >= 11 is 1.11. The molecule has 2 aromatic rings. The minimum Gasteiger partial charge on any atom is -0.477 e. The van der Waals surface area contributed by atoms with E-state index in [1.54, 1.807) is 4.57 Å². The largest absolute Gasteiger partial charge is 0.477 e. The fourth-order valence-electron chi connectivity index (χ4n) is 1.82. The van der Waals surface area contributed by atoms with E-state index in [1.807, 2.05) is 6.92 Å². The van der Waals surface area contributed by atoms with Crippen LogP contribution in [0.25, 0.3) is 10.2 Å². The lowest BCUT2D eigenvalue weighted by Gasteiger charge is -2.05. The highest BCUT2D eigenvalue weighted by Crippen LogP contribution is 2.24. The minimum absolute atomic E-state index is 0.220. The van der Waals surface area contributed by atoms with E-state index in [0.717, 1.165) is 11.3 Å². The molecule has 1 amide bonds. The molecule has 0 aliphatic carbocycles. The van der Waals surface area contributed by atoms with Gasteiger partial charge in [0, 0.05) is 12.7 Å². The molecule has 2 rings (SSSR count). The molecule has 2 heterocycles. The SMILES string of the molecule is CCn1cc(C(=O)O)c(=O)c2cc(C(=O)NOC)sc21. The second-order valence-electron chi connectivity index (χ2n) is 3.93. The van der Waals surface area contributed by atoms with Crippen LogP contribution in [0.3, 0.4) is 0 Å². The zero-order valence-corrected chi connectivity index (χ0v) is 11.6. The molecule has 0 saturated heterocycles. The minimum atomic E-state index is -1.28. The van der Waals surface area contributed by atoms with Crippen LogP contribution in [-0.2, 0) is 11.4 Å². The van der Waals surface area contributed by atoms with Crippen LogP contribution in [0.15, 0.2) is 17.1 Å². The van der Waals surface area contributed by atoms with Crippen LogP contribution in [-0.4, -0.2) is 28.7 Å². The second-order valence-corrected chi connectivity index (χ2v) is 4.96. The summed E-state index contributed by atoms with van der Waals surface area (Å²) < 4.78 is 1.63. The standard InChI is InChI=1S/C12H12N2O5S/c1-3-14-5-7(12(17)18)9(15)6-4-8(20-11(6)14)10(16)13-19-2/h4-5H,3H2,1-2H3,(H,13,16)(H,17,18). The highest BCUT2D eigenvalue weighted by molar-refractivity contribution is 7.20. The Hall–Kier alpha value is -2.19. The van der Waals surface area contributed by atoms with Crippen molar-refractivity contribution in [1.82, 2.24) is 10.0 Å². The molecule has 7 nitrogen and oxygen atoms in total. The number of aryl methyl sites for hydroxylation is 1. The molecule has 2 aromatic heterocycles. The molecule has 8 heteroatoms. The number of hydroxylamine groups is 1. The summed E-state index contributed by atoms with van der Waals surface area (Å²) in [4.78, 5) is 40.2. The van der Waals surface area contributed by atoms with Gasteiger partial charge >= 0.3 is 5.97 Å². The molecular formula is C12H12N2O5S. The number of hydrogen-bond acceptors (Lipinski definition) is 5. The molecule has 20 heavy (non-hydrogen) atoms. The third-order valence-electron chi connectivity index (χ3n) is 2.74. The first-order chi connectivity index (χ1) is 9.49. The number of nitrogens with one attached hydrogen (secondary N) is 1. The van der Waals surface area contributed by atoms with Gasteiger partial charge in [-0.05, 0) is 13.0 Å². The van der Waals surface area contributed by atoms with Crippen molar-refractivity contribution in [2.24, 2.45) is 0 Å². The van der Waals surface area contributed by atoms with Crippen LogP contribution < -0.4 is 10.9 Å². The van der Waals surface area contributed by atoms with Gasteiger partial charge in [0.25, 0.3) is 5.91 Å². The Bertz CT molecular complexity index is 746. The van der Waals surface area contributed by atoms with Gasteiger partial charge in [-0.25, -0.2) is 10.3 Å². The topological polar surface area (TPSA) is 97.6 Å². The van der Waals surface area contributed by atoms with Gasteiger partial charge in [0.2, 0.25) is 5.43 Å². The van der Waals surface area contributed by atoms with Crippen molar-refractivity contribution < 1.29 is 19.5 Å². The van der Waals surface area contributed by atoms with Crippen molar-refractivity contribution in [2.75, 3.05) is 7.11 Å². The number of rotatable bonds is 4. The number of carbonyl (C=O) groups excluding carboxylic acids is 1. The van der Waals surface area contributed by atoms with Gasteiger partial charge in [-0.15, -0.1) is 11.3 Å². The summed E-state index contributed by atoms with van der Waals surface area (Å²) in [6.45, 7) is 2.31. The van der Waals surface area contributed by atoms with Crippen LogP contribution in [0.1, 0.15) is 27.0 Å². The summed E-state index contributed by atoms with van der Waals surface area (Å²) in [5, 5.41) is 9.26. The van der Waals surface area contributed by atoms with E-state index in [2.05, 4.69) is 10.3 Å². The van der Waals surface area contributed by atoms with Crippen molar-refractivity contribution in [2.45, 2.75) is 13.5 Å². The fourth-order valence-corrected chi connectivity index (χ4v) is 2.90. The number of aromatic nitrogens is 1. The van der Waals surface area contributed by atoms with Crippen LogP contribution in [0.2, 0.25) is 0 Å². The quantitative estimate of drug-likeness (QED) is 0.823. The average molecular weight is 296 g/mol. The normalized spacial score (nSPS) is 10.7. The predicted molar refractivity (Wildman–Crippen MR) is 73.2 cm³/mol. The number of hydrogen-bond donors (Lipinski definition) is 2. The van der Waals surface area contributed by atoms with Gasteiger partial charge in [-0.3, -0.25) is 14.4 Å². The average Bonchev–Trinajstić information content (AvgIpc) is 2.85. The van der Waals surface area contributed by atoms with Gasteiger partial charge in [-0.2, -0.15) is 0 Å². The molecule has 0 bridgehead atoms. The van der Waals surface area contributed by atoms with E-state index in [4.69, 9.17) is 5.11 Å². The molecule has 0 aromatic carbocycles. The van der Waals surface area contributed by atoms with E-state index < -0.39 is 17.3 Å². The van der Waals surface area contributed by atoms with Crippen molar-refractivity contribution in [3.8, 4) is 0 Å². The second kappa shape index (κ2) is 5.43. The maximum Gasteiger partial charge on any atom is 0.341 e. The van der Waals surface area contributed by atoms with E-state index >= 15 is 0 Å². The molecule has 2 N–H and O–H groups in total. The molecule has 0 radical (unpaired) electrons. The van der Waals surface area contributed by atoms with Gasteiger partial charge in [0.05, 0.1) is 17.4 Å². The third-order valence-corrected chi connectivity index (χ3v) is 3.91. The van der Waals surface area contributed by atoms with Crippen LogP contribution in [0.4, 0.5) is 0 Å². The first-order valence-corrected chi connectivity index (χ1v) is 6.54. The Balaban J connectivity index is 2.72. The Labute approximate surface area is 117 Å². The molecule has 0 aliphatic rings. The lowest BCUT2D eigenvalue weighted by molar-refractivity contribution is 0.0542. The van der Waals surface area contributed by atoms with Gasteiger partial charge < -0.3 is 9.67 Å². The van der Waals surface area contributed by atoms with Crippen molar-refractivity contribution in [3.05, 3.63) is 32.9 Å². The maximum absolute atomic E-state index is 12.1. The number of amides is 1. The number of nitrogens with zero attached hydrogens (tertiary/aromatic N) is 1. The number of carbonyl (C=O) groups is 2. The van der Waals surface area contributed by atoms with E-state index in [1.165, 1.54) is 19.4 Å². The van der Waals surface area contributed by atoms with Crippen molar-refractivity contribution in [3.63, 3.8) is 0 Å². The molecule has 0 fully saturated rings. The highest BCUT2D eigenvalue weighted by atomic mass is 32.1. The molecule has 0 unspecified atom stereocenters. The molecule has 106 valence electrons. The Morgan fingerprint density at radius 1 is 1.50 bits per heavy atom. The van der Waals surface area contributed by atoms with Gasteiger partial charge in [0.15, 0.2) is 0 Å². The van der Waals surface area contributed by atoms with Crippen LogP contribution >= 0.6 is 11.3 Å². The van der Waals surface area contributed by atoms with Crippen molar-refractivity contribution >= 4 is 33.4 Å². The number of aromatic carboxylic acids is 1. The summed E-state index contributed by atoms with van der Waals surface area (Å²) in [5.74, 6) is -1.76. The van der Waals surface area contributed by atoms with E-state index in [0.29, 0.717) is 11.4 Å². The lowest BCUT2D eigenvalue weighted by Crippen LogP contribution is -2.20. The summed E-state index contributed by atoms with van der Waals surface area (Å²) in [5.41, 5.74) is 1.26. The lowest BCUT2D eigenvalue weighted by atomic mass is 10.2. The zero-order valence-electron chi connectivity index (χ0n) is 10.8. The van der Waals surface area contributed by atoms with Gasteiger partial charge in [-0.1, -0.05) is 0 Å². The first-order valence-electron chi connectivity index (χ1n) is 5.73. The predicted octanol–water partition coefficient (Wildman–Crippen LogP) is 1.07. The number of pyridine rings is 1. The van der Waals surface area contributed by atoms with Gasteiger partial charge in [0.1, 0.15) is 10.4 Å². The Morgan fingerprint density at radius 2 is 2.20 bits per heavy atom. The molecule has 0 atom stereocenters. The maximum atomic E-state index is 12.1. The number of thiophene rings is 1. The van der Waals surface area contributed by atoms with Crippen molar-refractivity contribution in [1.29, 1.82) is 0 Å². The first kappa shape index (κ1) is 14.2. The summed E-state index contributed by atoms with van der Waals surface area (Å²) in [6.07, 6.45) is 1.29. The molecular weight excluding hydrogens is 284 g/mol.